The predicted octanol–water partition coefficient (Wildman–Crippen LogP) is 3.24. The maximum absolute atomic E-state index is 14.8. The van der Waals surface area contributed by atoms with Gasteiger partial charge in [0, 0.05) is 55.6 Å². The van der Waals surface area contributed by atoms with E-state index in [1.807, 2.05) is 34.6 Å². The van der Waals surface area contributed by atoms with Crippen LogP contribution in [-0.2, 0) is 9.53 Å². The highest BCUT2D eigenvalue weighted by atomic mass is 19.1. The minimum Gasteiger partial charge on any atom is -0.463 e. The fraction of sp³-hybridized carbons (Fsp3) is 0.577. The number of carbonyl (C=O) groups excluding carboxylic acids is 3. The summed E-state index contributed by atoms with van der Waals surface area (Å²) >= 11 is 0. The molecule has 1 fully saturated rings. The lowest BCUT2D eigenvalue weighted by molar-refractivity contribution is -0.139. The molecule has 3 rings (SSSR count). The van der Waals surface area contributed by atoms with Crippen LogP contribution in [-0.4, -0.2) is 83.6 Å². The van der Waals surface area contributed by atoms with E-state index in [2.05, 4.69) is 15.5 Å². The van der Waals surface area contributed by atoms with Crippen LogP contribution >= 0.6 is 0 Å². The Morgan fingerprint density at radius 2 is 1.89 bits per heavy atom. The van der Waals surface area contributed by atoms with Crippen LogP contribution < -0.4 is 10.6 Å². The molecule has 0 bridgehead atoms. The van der Waals surface area contributed by atoms with E-state index in [-0.39, 0.29) is 35.4 Å². The first kappa shape index (κ1) is 27.4. The molecule has 2 aliphatic heterocycles. The fourth-order valence-corrected chi connectivity index (χ4v) is 4.68. The molecule has 0 unspecified atom stereocenters. The summed E-state index contributed by atoms with van der Waals surface area (Å²) in [5, 5.41) is 5.80. The summed E-state index contributed by atoms with van der Waals surface area (Å²) in [4.78, 5) is 44.4. The van der Waals surface area contributed by atoms with Crippen molar-refractivity contribution in [1.29, 1.82) is 0 Å². The molecule has 10 heteroatoms. The Hall–Kier alpha value is -3.14. The third kappa shape index (κ3) is 6.16. The van der Waals surface area contributed by atoms with Crippen molar-refractivity contribution in [1.82, 2.24) is 25.3 Å². The van der Waals surface area contributed by atoms with E-state index in [1.54, 1.807) is 30.0 Å². The topological polar surface area (TPSA) is 94.2 Å². The van der Waals surface area contributed by atoms with Gasteiger partial charge in [0.25, 0.3) is 0 Å². The largest absolute Gasteiger partial charge is 0.463 e. The lowest BCUT2D eigenvalue weighted by Crippen LogP contribution is -2.59. The van der Waals surface area contributed by atoms with E-state index >= 15 is 0 Å². The molecule has 0 saturated carbocycles. The second-order valence-electron chi connectivity index (χ2n) is 10.2. The van der Waals surface area contributed by atoms with Crippen molar-refractivity contribution in [3.05, 3.63) is 46.9 Å². The van der Waals surface area contributed by atoms with Crippen LogP contribution in [0.3, 0.4) is 0 Å². The molecule has 4 amide bonds. The fourth-order valence-electron chi connectivity index (χ4n) is 4.68. The van der Waals surface area contributed by atoms with Crippen molar-refractivity contribution in [3.63, 3.8) is 0 Å². The molecule has 1 saturated heterocycles. The number of amides is 4. The van der Waals surface area contributed by atoms with Crippen LogP contribution in [0.15, 0.2) is 35.5 Å². The van der Waals surface area contributed by atoms with Crippen molar-refractivity contribution in [2.75, 3.05) is 39.3 Å². The quantitative estimate of drug-likeness (QED) is 0.582. The molecule has 0 aromatic heterocycles. The molecular formula is C26H38FN5O4. The van der Waals surface area contributed by atoms with E-state index in [4.69, 9.17) is 4.74 Å². The number of benzene rings is 1. The van der Waals surface area contributed by atoms with Crippen molar-refractivity contribution in [3.8, 4) is 0 Å². The zero-order valence-electron chi connectivity index (χ0n) is 22.1. The van der Waals surface area contributed by atoms with Crippen LogP contribution in [0.4, 0.5) is 14.0 Å². The Balaban J connectivity index is 1.94. The summed E-state index contributed by atoms with van der Waals surface area (Å²) in [7, 11) is 0. The summed E-state index contributed by atoms with van der Waals surface area (Å²) in [6.07, 6.45) is 0. The summed E-state index contributed by atoms with van der Waals surface area (Å²) in [5.41, 5.74) is 0.586. The minimum atomic E-state index is -0.966. The van der Waals surface area contributed by atoms with E-state index < -0.39 is 23.9 Å². The highest BCUT2D eigenvalue weighted by molar-refractivity contribution is 5.95. The molecule has 1 aromatic rings. The minimum absolute atomic E-state index is 0.0809. The van der Waals surface area contributed by atoms with Crippen LogP contribution in [0, 0.1) is 5.82 Å². The SMILES string of the molecule is CCOC(=O)C1=C(CN2CCN(C(=O)NC(C)(C)C)[C@H](C)C2)N(CC)C(=O)N[C@H]1c1ccccc1F. The van der Waals surface area contributed by atoms with Gasteiger partial charge in [-0.2, -0.15) is 0 Å². The van der Waals surface area contributed by atoms with Gasteiger partial charge in [-0.25, -0.2) is 18.8 Å². The van der Waals surface area contributed by atoms with Crippen molar-refractivity contribution < 1.29 is 23.5 Å². The Labute approximate surface area is 212 Å². The first-order valence-corrected chi connectivity index (χ1v) is 12.5. The molecule has 0 spiro atoms. The number of esters is 1. The van der Waals surface area contributed by atoms with Crippen LogP contribution in [0.5, 0.6) is 0 Å². The standard InChI is InChI=1S/C26H38FN5O4/c1-7-31-20(16-30-13-14-32(17(3)15-30)25(35)29-26(4,5)6)21(23(33)36-8-2)22(28-24(31)34)18-11-9-10-12-19(18)27/h9-12,17,22H,7-8,13-16H2,1-6H3,(H,28,34)(H,29,35)/t17-,22+/m1/s1. The number of hydrogen-bond acceptors (Lipinski definition) is 5. The van der Waals surface area contributed by atoms with Gasteiger partial charge in [-0.3, -0.25) is 9.80 Å². The maximum Gasteiger partial charge on any atom is 0.338 e. The first-order valence-electron chi connectivity index (χ1n) is 12.5. The molecule has 2 heterocycles. The summed E-state index contributed by atoms with van der Waals surface area (Å²) in [6, 6.07) is 4.54. The van der Waals surface area contributed by atoms with Gasteiger partial charge in [-0.1, -0.05) is 18.2 Å². The molecule has 0 radical (unpaired) electrons. The normalized spacial score (nSPS) is 21.4. The molecule has 9 nitrogen and oxygen atoms in total. The number of ether oxygens (including phenoxy) is 1. The zero-order valence-corrected chi connectivity index (χ0v) is 22.1. The summed E-state index contributed by atoms with van der Waals surface area (Å²) in [6.45, 7) is 13.7. The number of halogens is 1. The Morgan fingerprint density at radius 3 is 2.47 bits per heavy atom. The van der Waals surface area contributed by atoms with E-state index in [9.17, 15) is 18.8 Å². The Morgan fingerprint density at radius 1 is 1.19 bits per heavy atom. The molecular weight excluding hydrogens is 465 g/mol. The zero-order chi connectivity index (χ0) is 26.6. The number of hydrogen-bond donors (Lipinski definition) is 2. The number of urea groups is 2. The van der Waals surface area contributed by atoms with Gasteiger partial charge in [0.1, 0.15) is 5.82 Å². The number of nitrogens with one attached hydrogen (secondary N) is 2. The Bertz CT molecular complexity index is 1020. The number of rotatable bonds is 6. The maximum atomic E-state index is 14.8. The van der Waals surface area contributed by atoms with Crippen molar-refractivity contribution >= 4 is 18.0 Å². The van der Waals surface area contributed by atoms with Crippen LogP contribution in [0.25, 0.3) is 0 Å². The van der Waals surface area contributed by atoms with Gasteiger partial charge in [0.05, 0.1) is 18.2 Å². The second kappa shape index (κ2) is 11.3. The third-order valence-corrected chi connectivity index (χ3v) is 6.29. The van der Waals surface area contributed by atoms with Gasteiger partial charge in [0.2, 0.25) is 0 Å². The lowest BCUT2D eigenvalue weighted by atomic mass is 9.93. The molecule has 198 valence electrons. The molecule has 2 atom stereocenters. The molecule has 0 aliphatic carbocycles. The summed E-state index contributed by atoms with van der Waals surface area (Å²) in [5.74, 6) is -1.10. The molecule has 1 aromatic carbocycles. The molecule has 36 heavy (non-hydrogen) atoms. The first-order chi connectivity index (χ1) is 17.0. The predicted molar refractivity (Wildman–Crippen MR) is 135 cm³/mol. The molecule has 2 aliphatic rings. The smallest absolute Gasteiger partial charge is 0.338 e. The molecule has 2 N–H and O–H groups in total. The highest BCUT2D eigenvalue weighted by Crippen LogP contribution is 2.33. The second-order valence-corrected chi connectivity index (χ2v) is 10.2. The van der Waals surface area contributed by atoms with Gasteiger partial charge in [-0.15, -0.1) is 0 Å². The number of piperazine rings is 1. The van der Waals surface area contributed by atoms with Gasteiger partial charge in [0.15, 0.2) is 0 Å². The number of nitrogens with zero attached hydrogens (tertiary/aromatic N) is 3. The number of carbonyl (C=O) groups is 3. The number of likely N-dealkylation sites (N-methyl/N-ethyl adjacent to an activating group) is 1. The van der Waals surface area contributed by atoms with Crippen LogP contribution in [0.2, 0.25) is 0 Å². The van der Waals surface area contributed by atoms with E-state index in [1.165, 1.54) is 11.0 Å². The monoisotopic (exact) mass is 503 g/mol. The van der Waals surface area contributed by atoms with Gasteiger partial charge < -0.3 is 20.3 Å². The lowest BCUT2D eigenvalue weighted by Gasteiger charge is -2.43. The highest BCUT2D eigenvalue weighted by Gasteiger charge is 2.40. The Kier molecular flexibility index (Phi) is 8.60. The third-order valence-electron chi connectivity index (χ3n) is 6.29. The van der Waals surface area contributed by atoms with Crippen molar-refractivity contribution in [2.45, 2.75) is 59.2 Å². The van der Waals surface area contributed by atoms with E-state index in [0.29, 0.717) is 38.4 Å². The van der Waals surface area contributed by atoms with Crippen molar-refractivity contribution in [2.24, 2.45) is 0 Å². The van der Waals surface area contributed by atoms with Gasteiger partial charge in [-0.05, 0) is 47.6 Å². The average Bonchev–Trinajstić information content (AvgIpc) is 2.78. The van der Waals surface area contributed by atoms with E-state index in [0.717, 1.165) is 0 Å². The van der Waals surface area contributed by atoms with Crippen LogP contribution in [0.1, 0.15) is 53.1 Å². The summed E-state index contributed by atoms with van der Waals surface area (Å²) < 4.78 is 20.1. The average molecular weight is 504 g/mol. The van der Waals surface area contributed by atoms with Gasteiger partial charge >= 0.3 is 18.0 Å².